The standard InChI is InChI=1S/C18H13F3N8O3S/c1-28-13(18(19,20)21)6-14(26-28)32-17-15(29(30)31)16(23-9-24-17)22-7-10-2-4-11(5-3-10)12-8-33-27-25-12/h2-6,8-9H,7H2,1H3,(H,22,23,24). The van der Waals surface area contributed by atoms with Gasteiger partial charge in [0.25, 0.3) is 0 Å². The molecule has 11 nitrogen and oxygen atoms in total. The largest absolute Gasteiger partial charge is 0.433 e. The van der Waals surface area contributed by atoms with Crippen LogP contribution in [-0.2, 0) is 19.8 Å². The van der Waals surface area contributed by atoms with Gasteiger partial charge in [-0.25, -0.2) is 4.98 Å². The molecule has 3 aromatic heterocycles. The maximum Gasteiger partial charge on any atom is 0.433 e. The van der Waals surface area contributed by atoms with Crippen LogP contribution in [-0.4, -0.2) is 34.3 Å². The summed E-state index contributed by atoms with van der Waals surface area (Å²) in [7, 11) is 1.08. The molecule has 0 aliphatic heterocycles. The molecule has 0 radical (unpaired) electrons. The summed E-state index contributed by atoms with van der Waals surface area (Å²) in [5, 5.41) is 23.8. The molecular formula is C18H13F3N8O3S. The van der Waals surface area contributed by atoms with Gasteiger partial charge in [0.15, 0.2) is 0 Å². The normalized spacial score (nSPS) is 11.4. The Morgan fingerprint density at radius 2 is 2.00 bits per heavy atom. The predicted octanol–water partition coefficient (Wildman–Crippen LogP) is 4.06. The highest BCUT2D eigenvalue weighted by atomic mass is 32.1. The number of halogens is 3. The quantitative estimate of drug-likeness (QED) is 0.308. The second kappa shape index (κ2) is 8.78. The van der Waals surface area contributed by atoms with Crippen molar-refractivity contribution >= 4 is 23.0 Å². The van der Waals surface area contributed by atoms with Crippen LogP contribution >= 0.6 is 11.5 Å². The number of hydrogen-bond donors (Lipinski definition) is 1. The number of nitrogens with one attached hydrogen (secondary N) is 1. The first-order valence-electron chi connectivity index (χ1n) is 9.11. The lowest BCUT2D eigenvalue weighted by atomic mass is 10.1. The van der Waals surface area contributed by atoms with Crippen LogP contribution in [0.15, 0.2) is 42.0 Å². The topological polar surface area (TPSA) is 134 Å². The van der Waals surface area contributed by atoms with E-state index in [1.807, 2.05) is 12.1 Å². The fraction of sp³-hybridized carbons (Fsp3) is 0.167. The van der Waals surface area contributed by atoms with Crippen molar-refractivity contribution in [3.05, 3.63) is 63.4 Å². The summed E-state index contributed by atoms with van der Waals surface area (Å²) in [6, 6.07) is 7.89. The second-order valence-electron chi connectivity index (χ2n) is 6.57. The Morgan fingerprint density at radius 3 is 2.61 bits per heavy atom. The minimum atomic E-state index is -4.67. The third kappa shape index (κ3) is 4.87. The summed E-state index contributed by atoms with van der Waals surface area (Å²) >= 11 is 1.23. The van der Waals surface area contributed by atoms with Gasteiger partial charge in [-0.3, -0.25) is 14.8 Å². The van der Waals surface area contributed by atoms with E-state index in [0.29, 0.717) is 10.7 Å². The summed E-state index contributed by atoms with van der Waals surface area (Å²) in [5.74, 6) is -1.20. The molecule has 0 amide bonds. The van der Waals surface area contributed by atoms with Gasteiger partial charge in [-0.15, -0.1) is 10.2 Å². The van der Waals surface area contributed by atoms with Crippen molar-refractivity contribution in [1.29, 1.82) is 0 Å². The van der Waals surface area contributed by atoms with Crippen LogP contribution in [0.4, 0.5) is 24.7 Å². The maximum absolute atomic E-state index is 13.0. The summed E-state index contributed by atoms with van der Waals surface area (Å²) in [4.78, 5) is 18.4. The molecule has 0 unspecified atom stereocenters. The molecule has 0 bridgehead atoms. The summed E-state index contributed by atoms with van der Waals surface area (Å²) < 4.78 is 48.5. The zero-order chi connectivity index (χ0) is 23.6. The monoisotopic (exact) mass is 478 g/mol. The van der Waals surface area contributed by atoms with Crippen LogP contribution in [0, 0.1) is 10.1 Å². The molecule has 0 saturated heterocycles. The Kier molecular flexibility index (Phi) is 5.87. The Bertz CT molecular complexity index is 1280. The number of alkyl halides is 3. The molecule has 0 aliphatic carbocycles. The lowest BCUT2D eigenvalue weighted by molar-refractivity contribution is -0.385. The van der Waals surface area contributed by atoms with Crippen LogP contribution in [0.5, 0.6) is 11.8 Å². The molecule has 3 heterocycles. The Labute approximate surface area is 187 Å². The Morgan fingerprint density at radius 1 is 1.24 bits per heavy atom. The highest BCUT2D eigenvalue weighted by Gasteiger charge is 2.36. The van der Waals surface area contributed by atoms with Crippen LogP contribution in [0.3, 0.4) is 0 Å². The highest BCUT2D eigenvalue weighted by Crippen LogP contribution is 2.36. The first kappa shape index (κ1) is 22.1. The fourth-order valence-electron chi connectivity index (χ4n) is 2.86. The van der Waals surface area contributed by atoms with E-state index in [-0.39, 0.29) is 12.4 Å². The van der Waals surface area contributed by atoms with Crippen LogP contribution < -0.4 is 10.1 Å². The number of benzene rings is 1. The molecule has 1 N–H and O–H groups in total. The van der Waals surface area contributed by atoms with Gasteiger partial charge in [0.2, 0.25) is 11.7 Å². The van der Waals surface area contributed by atoms with Gasteiger partial charge in [-0.1, -0.05) is 28.8 Å². The number of aromatic nitrogens is 6. The average Bonchev–Trinajstić information content (AvgIpc) is 3.42. The smallest absolute Gasteiger partial charge is 0.413 e. The first-order valence-corrected chi connectivity index (χ1v) is 9.94. The SMILES string of the molecule is Cn1nc(Oc2ncnc(NCc3ccc(-c4csnn4)cc3)c2[N+](=O)[O-])cc1C(F)(F)F. The second-order valence-corrected chi connectivity index (χ2v) is 7.17. The molecule has 4 rings (SSSR count). The number of rotatable bonds is 7. The van der Waals surface area contributed by atoms with E-state index in [0.717, 1.165) is 30.2 Å². The Balaban J connectivity index is 1.54. The number of nitrogens with zero attached hydrogens (tertiary/aromatic N) is 7. The van der Waals surface area contributed by atoms with Crippen molar-refractivity contribution in [3.63, 3.8) is 0 Å². The molecule has 170 valence electrons. The van der Waals surface area contributed by atoms with Gasteiger partial charge in [-0.2, -0.15) is 18.2 Å². The van der Waals surface area contributed by atoms with Gasteiger partial charge in [0, 0.05) is 30.6 Å². The van der Waals surface area contributed by atoms with E-state index in [9.17, 15) is 23.3 Å². The zero-order valence-corrected chi connectivity index (χ0v) is 17.5. The summed E-state index contributed by atoms with van der Waals surface area (Å²) in [6.07, 6.45) is -3.67. The van der Waals surface area contributed by atoms with Crippen LogP contribution in [0.25, 0.3) is 11.3 Å². The lowest BCUT2D eigenvalue weighted by Crippen LogP contribution is -2.11. The van der Waals surface area contributed by atoms with E-state index < -0.39 is 34.2 Å². The molecule has 15 heteroatoms. The van der Waals surface area contributed by atoms with Gasteiger partial charge in [0.1, 0.15) is 17.7 Å². The third-order valence-corrected chi connectivity index (χ3v) is 4.89. The molecule has 1 aromatic carbocycles. The van der Waals surface area contributed by atoms with Crippen molar-refractivity contribution in [2.45, 2.75) is 12.7 Å². The van der Waals surface area contributed by atoms with Gasteiger partial charge in [0.05, 0.1) is 4.92 Å². The van der Waals surface area contributed by atoms with E-state index >= 15 is 0 Å². The zero-order valence-electron chi connectivity index (χ0n) is 16.6. The molecule has 0 atom stereocenters. The summed E-state index contributed by atoms with van der Waals surface area (Å²) in [5.41, 5.74) is 0.670. The maximum atomic E-state index is 13.0. The first-order chi connectivity index (χ1) is 15.7. The molecular weight excluding hydrogens is 465 g/mol. The number of ether oxygens (including phenoxy) is 1. The molecule has 0 fully saturated rings. The average molecular weight is 478 g/mol. The van der Waals surface area contributed by atoms with Crippen molar-refractivity contribution in [1.82, 2.24) is 29.3 Å². The highest BCUT2D eigenvalue weighted by molar-refractivity contribution is 7.03. The van der Waals surface area contributed by atoms with E-state index in [1.165, 1.54) is 11.5 Å². The summed E-state index contributed by atoms with van der Waals surface area (Å²) in [6.45, 7) is 0.175. The molecule has 0 saturated carbocycles. The number of anilines is 1. The third-order valence-electron chi connectivity index (χ3n) is 4.39. The number of nitro groups is 1. The molecule has 0 aliphatic rings. The lowest BCUT2D eigenvalue weighted by Gasteiger charge is -2.09. The Hall–Kier alpha value is -4.14. The predicted molar refractivity (Wildman–Crippen MR) is 110 cm³/mol. The van der Waals surface area contributed by atoms with Crippen molar-refractivity contribution in [2.75, 3.05) is 5.32 Å². The minimum absolute atomic E-state index is 0.162. The van der Waals surface area contributed by atoms with Crippen molar-refractivity contribution < 1.29 is 22.8 Å². The van der Waals surface area contributed by atoms with E-state index in [2.05, 4.69) is 30.0 Å². The van der Waals surface area contributed by atoms with Crippen LogP contribution in [0.2, 0.25) is 0 Å². The minimum Gasteiger partial charge on any atom is -0.413 e. The van der Waals surface area contributed by atoms with Gasteiger partial charge >= 0.3 is 17.7 Å². The molecule has 33 heavy (non-hydrogen) atoms. The van der Waals surface area contributed by atoms with Crippen molar-refractivity contribution in [2.24, 2.45) is 7.05 Å². The van der Waals surface area contributed by atoms with Crippen molar-refractivity contribution in [3.8, 4) is 23.0 Å². The van der Waals surface area contributed by atoms with Gasteiger partial charge in [-0.05, 0) is 17.1 Å². The molecule has 0 spiro atoms. The number of aryl methyl sites for hydroxylation is 1. The molecule has 4 aromatic rings. The van der Waals surface area contributed by atoms with E-state index in [1.54, 1.807) is 17.5 Å². The van der Waals surface area contributed by atoms with Gasteiger partial charge < -0.3 is 10.1 Å². The van der Waals surface area contributed by atoms with E-state index in [4.69, 9.17) is 4.74 Å². The number of hydrogen-bond acceptors (Lipinski definition) is 10. The van der Waals surface area contributed by atoms with Crippen LogP contribution in [0.1, 0.15) is 11.3 Å². The fourth-order valence-corrected chi connectivity index (χ4v) is 3.32.